The molecule has 98 valence electrons. The number of hydrogen-bond donors (Lipinski definition) is 1. The predicted molar refractivity (Wildman–Crippen MR) is 74.6 cm³/mol. The largest absolute Gasteiger partial charge is 0.384 e. The maximum Gasteiger partial charge on any atom is 0.123 e. The smallest absolute Gasteiger partial charge is 0.123 e. The normalized spacial score (nSPS) is 21.9. The van der Waals surface area contributed by atoms with Gasteiger partial charge in [0, 0.05) is 32.7 Å². The second-order valence-corrected chi connectivity index (χ2v) is 5.53. The van der Waals surface area contributed by atoms with Gasteiger partial charge in [0.05, 0.1) is 11.9 Å². The van der Waals surface area contributed by atoms with E-state index in [4.69, 9.17) is 5.73 Å². The Morgan fingerprint density at radius 3 is 2.50 bits per heavy atom. The molecule has 2 fully saturated rings. The van der Waals surface area contributed by atoms with E-state index in [1.165, 1.54) is 44.6 Å². The van der Waals surface area contributed by atoms with Gasteiger partial charge in [-0.1, -0.05) is 6.42 Å². The minimum atomic E-state index is 0.599. The minimum Gasteiger partial charge on any atom is -0.384 e. The number of piperazine rings is 1. The van der Waals surface area contributed by atoms with E-state index in [-0.39, 0.29) is 0 Å². The van der Waals surface area contributed by atoms with E-state index in [0.717, 1.165) is 19.0 Å². The van der Waals surface area contributed by atoms with Gasteiger partial charge < -0.3 is 10.6 Å². The number of anilines is 2. The highest BCUT2D eigenvalue weighted by atomic mass is 15.3. The Morgan fingerprint density at radius 2 is 1.94 bits per heavy atom. The lowest BCUT2D eigenvalue weighted by molar-refractivity contribution is 0.170. The molecule has 1 saturated carbocycles. The van der Waals surface area contributed by atoms with Gasteiger partial charge in [0.15, 0.2) is 0 Å². The summed E-state index contributed by atoms with van der Waals surface area (Å²) in [5, 5.41) is 0. The third-order valence-corrected chi connectivity index (χ3v) is 4.25. The molecular weight excluding hydrogens is 224 g/mol. The molecule has 3 rings (SSSR count). The van der Waals surface area contributed by atoms with Gasteiger partial charge in [-0.15, -0.1) is 0 Å². The number of nitrogens with two attached hydrogens (primary N) is 1. The first-order valence-corrected chi connectivity index (χ1v) is 7.00. The fourth-order valence-electron chi connectivity index (χ4n) is 2.81. The monoisotopic (exact) mass is 246 g/mol. The zero-order chi connectivity index (χ0) is 12.4. The molecular formula is C14H22N4. The van der Waals surface area contributed by atoms with E-state index in [1.807, 2.05) is 12.3 Å². The quantitative estimate of drug-likeness (QED) is 0.879. The number of hydrogen-bond acceptors (Lipinski definition) is 4. The standard InChI is InChI=1S/C14H22N4/c15-14-5-4-13(10-16-14)18-8-6-17(7-9-18)11-12-2-1-3-12/h4-5,10,12H,1-3,6-9,11H2,(H2,15,16). The van der Waals surface area contributed by atoms with Crippen LogP contribution in [0.4, 0.5) is 11.5 Å². The molecule has 1 aromatic heterocycles. The van der Waals surface area contributed by atoms with Gasteiger partial charge in [0.25, 0.3) is 0 Å². The van der Waals surface area contributed by atoms with Crippen molar-refractivity contribution in [2.45, 2.75) is 19.3 Å². The van der Waals surface area contributed by atoms with E-state index in [1.54, 1.807) is 0 Å². The first-order valence-electron chi connectivity index (χ1n) is 7.00. The van der Waals surface area contributed by atoms with Crippen molar-refractivity contribution in [2.24, 2.45) is 5.92 Å². The van der Waals surface area contributed by atoms with Crippen molar-refractivity contribution >= 4 is 11.5 Å². The summed E-state index contributed by atoms with van der Waals surface area (Å²) in [6.07, 6.45) is 6.23. The summed E-state index contributed by atoms with van der Waals surface area (Å²) < 4.78 is 0. The van der Waals surface area contributed by atoms with Crippen molar-refractivity contribution in [1.82, 2.24) is 9.88 Å². The Balaban J connectivity index is 1.51. The van der Waals surface area contributed by atoms with Crippen molar-refractivity contribution in [3.63, 3.8) is 0 Å². The Morgan fingerprint density at radius 1 is 1.17 bits per heavy atom. The number of rotatable bonds is 3. The van der Waals surface area contributed by atoms with Crippen LogP contribution in [0.2, 0.25) is 0 Å². The molecule has 0 bridgehead atoms. The van der Waals surface area contributed by atoms with Gasteiger partial charge >= 0.3 is 0 Å². The topological polar surface area (TPSA) is 45.4 Å². The third kappa shape index (κ3) is 2.58. The van der Waals surface area contributed by atoms with E-state index in [9.17, 15) is 0 Å². The molecule has 0 atom stereocenters. The number of nitrogens with zero attached hydrogens (tertiary/aromatic N) is 3. The van der Waals surface area contributed by atoms with Crippen LogP contribution in [-0.4, -0.2) is 42.6 Å². The molecule has 2 N–H and O–H groups in total. The summed E-state index contributed by atoms with van der Waals surface area (Å²) in [4.78, 5) is 9.19. The highest BCUT2D eigenvalue weighted by Crippen LogP contribution is 2.27. The van der Waals surface area contributed by atoms with E-state index in [2.05, 4.69) is 20.9 Å². The molecule has 4 heteroatoms. The summed E-state index contributed by atoms with van der Waals surface area (Å²) in [5.41, 5.74) is 6.82. The van der Waals surface area contributed by atoms with Crippen LogP contribution in [0.5, 0.6) is 0 Å². The molecule has 2 heterocycles. The Kier molecular flexibility index (Phi) is 3.37. The molecule has 0 aromatic carbocycles. The maximum atomic E-state index is 5.62. The molecule has 1 saturated heterocycles. The number of pyridine rings is 1. The van der Waals surface area contributed by atoms with Gasteiger partial charge in [0.1, 0.15) is 5.82 Å². The van der Waals surface area contributed by atoms with Gasteiger partial charge in [-0.25, -0.2) is 4.98 Å². The first kappa shape index (κ1) is 11.8. The van der Waals surface area contributed by atoms with Crippen molar-refractivity contribution in [3.05, 3.63) is 18.3 Å². The lowest BCUT2D eigenvalue weighted by Crippen LogP contribution is -2.48. The van der Waals surface area contributed by atoms with Crippen molar-refractivity contribution in [1.29, 1.82) is 0 Å². The second kappa shape index (κ2) is 5.14. The molecule has 18 heavy (non-hydrogen) atoms. The van der Waals surface area contributed by atoms with Crippen molar-refractivity contribution in [2.75, 3.05) is 43.4 Å². The average molecular weight is 246 g/mol. The Bertz CT molecular complexity index is 377. The van der Waals surface area contributed by atoms with E-state index < -0.39 is 0 Å². The molecule has 1 aromatic rings. The molecule has 0 unspecified atom stereocenters. The molecule has 0 spiro atoms. The minimum absolute atomic E-state index is 0.599. The van der Waals surface area contributed by atoms with Crippen molar-refractivity contribution in [3.8, 4) is 0 Å². The average Bonchev–Trinajstić information content (AvgIpc) is 2.36. The zero-order valence-electron chi connectivity index (χ0n) is 10.9. The van der Waals surface area contributed by atoms with Crippen LogP contribution in [0.1, 0.15) is 19.3 Å². The first-order chi connectivity index (χ1) is 8.81. The van der Waals surface area contributed by atoms with Gasteiger partial charge in [-0.3, -0.25) is 4.90 Å². The molecule has 2 aliphatic rings. The lowest BCUT2D eigenvalue weighted by Gasteiger charge is -2.39. The molecule has 0 amide bonds. The predicted octanol–water partition coefficient (Wildman–Crippen LogP) is 1.59. The Hall–Kier alpha value is -1.29. The summed E-state index contributed by atoms with van der Waals surface area (Å²) in [6.45, 7) is 5.90. The van der Waals surface area contributed by atoms with Gasteiger partial charge in [-0.05, 0) is 30.9 Å². The third-order valence-electron chi connectivity index (χ3n) is 4.25. The fraction of sp³-hybridized carbons (Fsp3) is 0.643. The van der Waals surface area contributed by atoms with Crippen LogP contribution in [0.15, 0.2) is 18.3 Å². The highest BCUT2D eigenvalue weighted by Gasteiger charge is 2.23. The van der Waals surface area contributed by atoms with Crippen LogP contribution < -0.4 is 10.6 Å². The molecule has 1 aliphatic carbocycles. The number of nitrogen functional groups attached to an aromatic ring is 1. The summed E-state index contributed by atoms with van der Waals surface area (Å²) in [6, 6.07) is 3.96. The summed E-state index contributed by atoms with van der Waals surface area (Å²) in [7, 11) is 0. The molecule has 1 aliphatic heterocycles. The molecule has 4 nitrogen and oxygen atoms in total. The summed E-state index contributed by atoms with van der Waals surface area (Å²) in [5.74, 6) is 1.58. The van der Waals surface area contributed by atoms with E-state index >= 15 is 0 Å². The van der Waals surface area contributed by atoms with Crippen LogP contribution in [0.3, 0.4) is 0 Å². The molecule has 0 radical (unpaired) electrons. The van der Waals surface area contributed by atoms with Crippen molar-refractivity contribution < 1.29 is 0 Å². The lowest BCUT2D eigenvalue weighted by atomic mass is 9.85. The fourth-order valence-corrected chi connectivity index (χ4v) is 2.81. The second-order valence-electron chi connectivity index (χ2n) is 5.53. The highest BCUT2D eigenvalue weighted by molar-refractivity contribution is 5.48. The number of aromatic nitrogens is 1. The zero-order valence-corrected chi connectivity index (χ0v) is 10.9. The van der Waals surface area contributed by atoms with Gasteiger partial charge in [0.2, 0.25) is 0 Å². The maximum absolute atomic E-state index is 5.62. The van der Waals surface area contributed by atoms with Crippen LogP contribution in [0.25, 0.3) is 0 Å². The Labute approximate surface area is 109 Å². The van der Waals surface area contributed by atoms with Crippen LogP contribution in [-0.2, 0) is 0 Å². The van der Waals surface area contributed by atoms with E-state index in [0.29, 0.717) is 5.82 Å². The van der Waals surface area contributed by atoms with Gasteiger partial charge in [-0.2, -0.15) is 0 Å². The van der Waals surface area contributed by atoms with Crippen LogP contribution in [0, 0.1) is 5.92 Å². The van der Waals surface area contributed by atoms with Crippen LogP contribution >= 0.6 is 0 Å². The summed E-state index contributed by atoms with van der Waals surface area (Å²) >= 11 is 0. The SMILES string of the molecule is Nc1ccc(N2CCN(CC3CCC3)CC2)cn1.